The minimum atomic E-state index is -0.603. The van der Waals surface area contributed by atoms with Crippen LogP contribution in [0.2, 0.25) is 0 Å². The lowest BCUT2D eigenvalue weighted by atomic mass is 9.97. The number of aromatic nitrogens is 3. The van der Waals surface area contributed by atoms with Crippen molar-refractivity contribution in [1.82, 2.24) is 30.3 Å². The first-order valence-electron chi connectivity index (χ1n) is 16.3. The maximum Gasteiger partial charge on any atom is 0.271 e. The molecule has 0 spiro atoms. The number of carbonyl (C=O) groups excluding carboxylic acids is 3. The zero-order chi connectivity index (χ0) is 33.5. The minimum absolute atomic E-state index is 0.0677. The predicted molar refractivity (Wildman–Crippen MR) is 182 cm³/mol. The lowest BCUT2D eigenvalue weighted by Gasteiger charge is -2.40. The number of aliphatic imine (C=N–C) groups is 1. The van der Waals surface area contributed by atoms with Gasteiger partial charge in [-0.15, -0.1) is 0 Å². The Morgan fingerprint density at radius 1 is 1.08 bits per heavy atom. The number of para-hydroxylation sites is 1. The number of amides is 3. The highest BCUT2D eigenvalue weighted by Gasteiger charge is 2.35. The number of anilines is 2. The second-order valence-corrected chi connectivity index (χ2v) is 12.9. The molecule has 2 aromatic heterocycles. The van der Waals surface area contributed by atoms with Gasteiger partial charge in [0.1, 0.15) is 17.2 Å². The van der Waals surface area contributed by atoms with Crippen LogP contribution in [0.25, 0.3) is 11.1 Å². The summed E-state index contributed by atoms with van der Waals surface area (Å²) in [5.74, 6) is -1.16. The predicted octanol–water partition coefficient (Wildman–Crippen LogP) is 2.20. The van der Waals surface area contributed by atoms with E-state index in [2.05, 4.69) is 40.4 Å². The Balaban J connectivity index is 1.08. The van der Waals surface area contributed by atoms with Crippen molar-refractivity contribution in [1.29, 1.82) is 5.41 Å². The van der Waals surface area contributed by atoms with E-state index in [9.17, 15) is 14.4 Å². The standard InChI is InChI=1S/C34H39N11O3/c1-37-34(48)30(36)27(13-29(35)42-32(46)19-9-10-19)41-25-7-4-6-23-24-14-38-45(28(24)18-43(2)31(23)25)22-16-44(17-22)15-21-5-3-8-26(39-21)33(47)40-20-11-12-20/h3-8,13-14,19-20,22,36,41H,9-12,15-18H2,1-2H3,(H,37,48)(H,40,47)(H2,35,42,46)/b27-13+,36-30?. The SMILES string of the molecule is CNC(=O)C(=N)/C(=C\C(N)=NC(=O)C1CC1)Nc1cccc2c1N(C)Cc1c-2cnn1C1CN(Cc2cccc(C(=O)NC3CC3)n2)C1. The molecule has 1 aromatic carbocycles. The number of hydrogen-bond acceptors (Lipinski definition) is 9. The van der Waals surface area contributed by atoms with E-state index < -0.39 is 5.91 Å². The van der Waals surface area contributed by atoms with E-state index in [0.29, 0.717) is 30.5 Å². The highest BCUT2D eigenvalue weighted by atomic mass is 16.2. The number of likely N-dealkylation sites (tertiary alicyclic amines) is 1. The van der Waals surface area contributed by atoms with Crippen LogP contribution >= 0.6 is 0 Å². The largest absolute Gasteiger partial charge is 0.384 e. The summed E-state index contributed by atoms with van der Waals surface area (Å²) in [7, 11) is 3.44. The molecule has 48 heavy (non-hydrogen) atoms. The average Bonchev–Trinajstić information content (AvgIpc) is 4.00. The maximum absolute atomic E-state index is 12.5. The van der Waals surface area contributed by atoms with Crippen LogP contribution in [0.15, 0.2) is 59.4 Å². The monoisotopic (exact) mass is 649 g/mol. The second-order valence-electron chi connectivity index (χ2n) is 12.9. The number of nitrogens with two attached hydrogens (primary N) is 1. The normalized spacial score (nSPS) is 18.0. The van der Waals surface area contributed by atoms with Gasteiger partial charge in [0.25, 0.3) is 17.7 Å². The Labute approximate surface area is 278 Å². The molecule has 0 atom stereocenters. The molecule has 6 N–H and O–H groups in total. The van der Waals surface area contributed by atoms with E-state index in [0.717, 1.165) is 67.0 Å². The summed E-state index contributed by atoms with van der Waals surface area (Å²) in [6, 6.07) is 11.9. The van der Waals surface area contributed by atoms with Crippen molar-refractivity contribution in [3.05, 3.63) is 71.4 Å². The Morgan fingerprint density at radius 2 is 1.85 bits per heavy atom. The third kappa shape index (κ3) is 6.43. The fourth-order valence-corrected chi connectivity index (χ4v) is 6.19. The number of benzene rings is 1. The first kappa shape index (κ1) is 31.2. The van der Waals surface area contributed by atoms with Crippen molar-refractivity contribution in [2.45, 2.75) is 50.9 Å². The summed E-state index contributed by atoms with van der Waals surface area (Å²) < 4.78 is 2.11. The number of amidine groups is 1. The van der Waals surface area contributed by atoms with E-state index in [4.69, 9.17) is 16.2 Å². The molecule has 3 amide bonds. The van der Waals surface area contributed by atoms with Crippen LogP contribution in [-0.2, 0) is 22.7 Å². The van der Waals surface area contributed by atoms with Crippen molar-refractivity contribution in [2.24, 2.45) is 16.6 Å². The molecule has 14 heteroatoms. The molecule has 0 bridgehead atoms. The summed E-state index contributed by atoms with van der Waals surface area (Å²) >= 11 is 0. The third-order valence-corrected chi connectivity index (χ3v) is 9.07. The number of pyridine rings is 1. The Bertz CT molecular complexity index is 1860. The fraction of sp³-hybridized carbons (Fsp3) is 0.382. The van der Waals surface area contributed by atoms with Crippen LogP contribution in [-0.4, -0.2) is 82.2 Å². The van der Waals surface area contributed by atoms with Crippen LogP contribution in [0, 0.1) is 11.3 Å². The number of nitrogens with one attached hydrogen (secondary N) is 4. The molecule has 7 rings (SSSR count). The van der Waals surface area contributed by atoms with Crippen LogP contribution in [0.1, 0.15) is 53.6 Å². The molecule has 14 nitrogen and oxygen atoms in total. The molecule has 0 unspecified atom stereocenters. The van der Waals surface area contributed by atoms with Gasteiger partial charge in [-0.3, -0.25) is 29.4 Å². The molecule has 3 aromatic rings. The fourth-order valence-electron chi connectivity index (χ4n) is 6.19. The van der Waals surface area contributed by atoms with E-state index >= 15 is 0 Å². The molecule has 4 aliphatic rings. The number of hydrogen-bond donors (Lipinski definition) is 5. The van der Waals surface area contributed by atoms with Crippen molar-refractivity contribution in [3.63, 3.8) is 0 Å². The van der Waals surface area contributed by atoms with Gasteiger partial charge in [0.15, 0.2) is 0 Å². The highest BCUT2D eigenvalue weighted by Crippen LogP contribution is 2.44. The quantitative estimate of drug-likeness (QED) is 0.153. The topological polar surface area (TPSA) is 187 Å². The third-order valence-electron chi connectivity index (χ3n) is 9.07. The van der Waals surface area contributed by atoms with Crippen molar-refractivity contribution in [3.8, 4) is 11.1 Å². The number of fused-ring (bicyclic) bond motifs is 3. The highest BCUT2D eigenvalue weighted by molar-refractivity contribution is 6.45. The number of carbonyl (C=O) groups is 3. The number of nitrogens with zero attached hydrogens (tertiary/aromatic N) is 6. The summed E-state index contributed by atoms with van der Waals surface area (Å²) in [6.07, 6.45) is 6.93. The molecule has 0 radical (unpaired) electrons. The molecule has 4 heterocycles. The minimum Gasteiger partial charge on any atom is -0.384 e. The summed E-state index contributed by atoms with van der Waals surface area (Å²) in [4.78, 5) is 50.2. The maximum atomic E-state index is 12.5. The van der Waals surface area contributed by atoms with Crippen LogP contribution in [0.5, 0.6) is 0 Å². The van der Waals surface area contributed by atoms with Gasteiger partial charge >= 0.3 is 0 Å². The summed E-state index contributed by atoms with van der Waals surface area (Å²) in [5, 5.41) is 22.0. The van der Waals surface area contributed by atoms with E-state index in [-0.39, 0.29) is 41.0 Å². The van der Waals surface area contributed by atoms with Crippen molar-refractivity contribution < 1.29 is 14.4 Å². The van der Waals surface area contributed by atoms with Gasteiger partial charge in [-0.1, -0.05) is 18.2 Å². The van der Waals surface area contributed by atoms with Gasteiger partial charge in [-0.25, -0.2) is 4.98 Å². The smallest absolute Gasteiger partial charge is 0.271 e. The molecule has 3 fully saturated rings. The van der Waals surface area contributed by atoms with Gasteiger partial charge < -0.3 is 26.6 Å². The second kappa shape index (κ2) is 12.7. The van der Waals surface area contributed by atoms with Gasteiger partial charge in [0, 0.05) is 62.9 Å². The van der Waals surface area contributed by atoms with Crippen LogP contribution < -0.4 is 26.6 Å². The van der Waals surface area contributed by atoms with E-state index in [1.807, 2.05) is 43.6 Å². The van der Waals surface area contributed by atoms with Gasteiger partial charge in [0.05, 0.1) is 47.2 Å². The first-order chi connectivity index (χ1) is 23.2. The molecule has 2 saturated carbocycles. The van der Waals surface area contributed by atoms with Gasteiger partial charge in [-0.2, -0.15) is 10.1 Å². The first-order valence-corrected chi connectivity index (χ1v) is 16.3. The average molecular weight is 650 g/mol. The molecule has 1 saturated heterocycles. The van der Waals surface area contributed by atoms with E-state index in [1.54, 1.807) is 6.07 Å². The molecular weight excluding hydrogens is 610 g/mol. The Kier molecular flexibility index (Phi) is 8.25. The molecule has 2 aliphatic heterocycles. The van der Waals surface area contributed by atoms with E-state index in [1.165, 1.54) is 13.1 Å². The van der Waals surface area contributed by atoms with Gasteiger partial charge in [0.2, 0.25) is 0 Å². The Hall–Kier alpha value is -5.37. The number of rotatable bonds is 11. The molecule has 248 valence electrons. The van der Waals surface area contributed by atoms with Crippen molar-refractivity contribution >= 4 is 40.6 Å². The van der Waals surface area contributed by atoms with Gasteiger partial charge in [-0.05, 0) is 43.9 Å². The summed E-state index contributed by atoms with van der Waals surface area (Å²) in [5.41, 5.74) is 11.8. The lowest BCUT2D eigenvalue weighted by molar-refractivity contribution is -0.119. The van der Waals surface area contributed by atoms with Crippen LogP contribution in [0.3, 0.4) is 0 Å². The molecular formula is C34H39N11O3. The zero-order valence-electron chi connectivity index (χ0n) is 27.0. The zero-order valence-corrected chi connectivity index (χ0v) is 27.0. The lowest BCUT2D eigenvalue weighted by Crippen LogP contribution is -2.48. The van der Waals surface area contributed by atoms with Crippen molar-refractivity contribution in [2.75, 3.05) is 37.4 Å². The molecule has 2 aliphatic carbocycles. The Morgan fingerprint density at radius 3 is 2.58 bits per heavy atom. The van der Waals surface area contributed by atoms with Crippen LogP contribution in [0.4, 0.5) is 11.4 Å². The summed E-state index contributed by atoms with van der Waals surface area (Å²) in [6.45, 7) is 2.89.